The van der Waals surface area contributed by atoms with Gasteiger partial charge in [0.1, 0.15) is 11.5 Å². The van der Waals surface area contributed by atoms with E-state index in [1.807, 2.05) is 35.1 Å². The third kappa shape index (κ3) is 4.77. The highest BCUT2D eigenvalue weighted by Crippen LogP contribution is 2.42. The molecule has 0 aliphatic rings. The molecule has 0 saturated carbocycles. The van der Waals surface area contributed by atoms with E-state index >= 15 is 0 Å². The SMILES string of the molecule is C=CSc1cc(OC)ccc1Sc1ccc(OC)cc1SC=C. The molecule has 0 aromatic heterocycles. The molecule has 23 heavy (non-hydrogen) atoms. The Bertz CT molecular complexity index is 639. The normalized spacial score (nSPS) is 10.2. The van der Waals surface area contributed by atoms with E-state index < -0.39 is 0 Å². The molecule has 5 heteroatoms. The van der Waals surface area contributed by atoms with Gasteiger partial charge in [-0.05, 0) is 47.2 Å². The fourth-order valence-electron chi connectivity index (χ4n) is 1.88. The zero-order valence-electron chi connectivity index (χ0n) is 13.1. The van der Waals surface area contributed by atoms with E-state index in [1.165, 1.54) is 0 Å². The smallest absolute Gasteiger partial charge is 0.120 e. The Morgan fingerprint density at radius 1 is 0.739 bits per heavy atom. The van der Waals surface area contributed by atoms with E-state index in [9.17, 15) is 0 Å². The molecule has 0 fully saturated rings. The lowest BCUT2D eigenvalue weighted by molar-refractivity contribution is 0.413. The van der Waals surface area contributed by atoms with Gasteiger partial charge < -0.3 is 9.47 Å². The number of hydrogen-bond donors (Lipinski definition) is 0. The van der Waals surface area contributed by atoms with Crippen LogP contribution in [0.5, 0.6) is 11.5 Å². The lowest BCUT2D eigenvalue weighted by Gasteiger charge is -2.12. The largest absolute Gasteiger partial charge is 0.497 e. The minimum absolute atomic E-state index is 0.842. The summed E-state index contributed by atoms with van der Waals surface area (Å²) in [7, 11) is 3.35. The maximum absolute atomic E-state index is 5.31. The number of thioether (sulfide) groups is 2. The molecule has 2 rings (SSSR count). The van der Waals surface area contributed by atoms with Gasteiger partial charge in [-0.2, -0.15) is 0 Å². The van der Waals surface area contributed by atoms with Crippen LogP contribution in [-0.2, 0) is 0 Å². The van der Waals surface area contributed by atoms with Gasteiger partial charge in [-0.15, -0.1) is 0 Å². The number of benzene rings is 2. The van der Waals surface area contributed by atoms with Crippen LogP contribution < -0.4 is 9.47 Å². The summed E-state index contributed by atoms with van der Waals surface area (Å²) < 4.78 is 10.6. The quantitative estimate of drug-likeness (QED) is 0.509. The third-order valence-corrected chi connectivity index (χ3v) is 5.87. The molecule has 0 saturated heterocycles. The Morgan fingerprint density at radius 2 is 1.17 bits per heavy atom. The molecule has 0 aliphatic heterocycles. The van der Waals surface area contributed by atoms with E-state index in [-0.39, 0.29) is 0 Å². The minimum Gasteiger partial charge on any atom is -0.497 e. The molecule has 120 valence electrons. The summed E-state index contributed by atoms with van der Waals surface area (Å²) in [5.41, 5.74) is 0. The van der Waals surface area contributed by atoms with Crippen molar-refractivity contribution in [3.8, 4) is 11.5 Å². The second-order valence-corrected chi connectivity index (χ2v) is 7.40. The summed E-state index contributed by atoms with van der Waals surface area (Å²) in [6, 6.07) is 12.1. The molecule has 2 nitrogen and oxygen atoms in total. The van der Waals surface area contributed by atoms with Crippen LogP contribution in [0, 0.1) is 0 Å². The van der Waals surface area contributed by atoms with Crippen molar-refractivity contribution >= 4 is 35.3 Å². The topological polar surface area (TPSA) is 18.5 Å². The summed E-state index contributed by atoms with van der Waals surface area (Å²) in [5, 5.41) is 3.65. The predicted molar refractivity (Wildman–Crippen MR) is 102 cm³/mol. The monoisotopic (exact) mass is 362 g/mol. The minimum atomic E-state index is 0.842. The predicted octanol–water partition coefficient (Wildman–Crippen LogP) is 6.33. The fourth-order valence-corrected chi connectivity index (χ4v) is 4.34. The van der Waals surface area contributed by atoms with Crippen LogP contribution in [0.4, 0.5) is 0 Å². The Kier molecular flexibility index (Phi) is 7.02. The maximum atomic E-state index is 5.31. The summed E-state index contributed by atoms with van der Waals surface area (Å²) in [6.07, 6.45) is 0. The molecular formula is C18H18O2S3. The van der Waals surface area contributed by atoms with E-state index in [0.29, 0.717) is 0 Å². The van der Waals surface area contributed by atoms with Crippen molar-refractivity contribution in [1.82, 2.24) is 0 Å². The highest BCUT2D eigenvalue weighted by atomic mass is 32.2. The molecule has 0 bridgehead atoms. The second-order valence-electron chi connectivity index (χ2n) is 4.30. The Hall–Kier alpha value is -1.43. The Labute approximate surface area is 150 Å². The van der Waals surface area contributed by atoms with Gasteiger partial charge in [0.05, 0.1) is 14.2 Å². The van der Waals surface area contributed by atoms with E-state index in [2.05, 4.69) is 25.3 Å². The highest BCUT2D eigenvalue weighted by molar-refractivity contribution is 8.05. The number of rotatable bonds is 8. The van der Waals surface area contributed by atoms with Crippen LogP contribution in [-0.4, -0.2) is 14.2 Å². The van der Waals surface area contributed by atoms with E-state index in [1.54, 1.807) is 49.5 Å². The van der Waals surface area contributed by atoms with Crippen molar-refractivity contribution in [3.63, 3.8) is 0 Å². The standard InChI is InChI=1S/C18H18O2S3/c1-5-21-17-11-13(19-3)7-9-15(17)23-16-10-8-14(20-4)12-18(16)22-6-2/h5-12H,1-2H2,3-4H3. The average molecular weight is 363 g/mol. The van der Waals surface area contributed by atoms with Crippen LogP contribution in [0.2, 0.25) is 0 Å². The molecule has 0 heterocycles. The van der Waals surface area contributed by atoms with Crippen LogP contribution >= 0.6 is 35.3 Å². The van der Waals surface area contributed by atoms with Crippen LogP contribution in [0.15, 0.2) is 80.0 Å². The average Bonchev–Trinajstić information content (AvgIpc) is 2.58. The maximum Gasteiger partial charge on any atom is 0.120 e. The van der Waals surface area contributed by atoms with Crippen molar-refractivity contribution in [2.24, 2.45) is 0 Å². The fraction of sp³-hybridized carbons (Fsp3) is 0.111. The molecule has 2 aromatic rings. The third-order valence-electron chi connectivity index (χ3n) is 2.94. The van der Waals surface area contributed by atoms with Crippen LogP contribution in [0.3, 0.4) is 0 Å². The van der Waals surface area contributed by atoms with Gasteiger partial charge in [-0.1, -0.05) is 48.4 Å². The molecule has 0 spiro atoms. The van der Waals surface area contributed by atoms with Gasteiger partial charge in [0.15, 0.2) is 0 Å². The molecule has 0 amide bonds. The molecule has 0 radical (unpaired) electrons. The number of methoxy groups -OCH3 is 2. The first-order chi connectivity index (χ1) is 11.2. The van der Waals surface area contributed by atoms with Gasteiger partial charge >= 0.3 is 0 Å². The summed E-state index contributed by atoms with van der Waals surface area (Å²) in [6.45, 7) is 7.62. The zero-order valence-corrected chi connectivity index (χ0v) is 15.5. The van der Waals surface area contributed by atoms with E-state index in [4.69, 9.17) is 9.47 Å². The van der Waals surface area contributed by atoms with Gasteiger partial charge in [-0.25, -0.2) is 0 Å². The van der Waals surface area contributed by atoms with Crippen molar-refractivity contribution in [2.45, 2.75) is 19.6 Å². The van der Waals surface area contributed by atoms with E-state index in [0.717, 1.165) is 31.1 Å². The highest BCUT2D eigenvalue weighted by Gasteiger charge is 2.10. The van der Waals surface area contributed by atoms with Gasteiger partial charge in [0.25, 0.3) is 0 Å². The Balaban J connectivity index is 2.37. The summed E-state index contributed by atoms with van der Waals surface area (Å²) in [5.74, 6) is 1.68. The lowest BCUT2D eigenvalue weighted by atomic mass is 10.3. The van der Waals surface area contributed by atoms with Gasteiger partial charge in [0.2, 0.25) is 0 Å². The lowest BCUT2D eigenvalue weighted by Crippen LogP contribution is -1.87. The van der Waals surface area contributed by atoms with Crippen molar-refractivity contribution < 1.29 is 9.47 Å². The molecular weight excluding hydrogens is 344 g/mol. The first-order valence-electron chi connectivity index (χ1n) is 6.81. The van der Waals surface area contributed by atoms with Crippen LogP contribution in [0.1, 0.15) is 0 Å². The molecule has 0 atom stereocenters. The van der Waals surface area contributed by atoms with Crippen molar-refractivity contribution in [2.75, 3.05) is 14.2 Å². The number of hydrogen-bond acceptors (Lipinski definition) is 5. The molecule has 0 N–H and O–H groups in total. The first-order valence-corrected chi connectivity index (χ1v) is 9.38. The summed E-state index contributed by atoms with van der Waals surface area (Å²) in [4.78, 5) is 4.56. The van der Waals surface area contributed by atoms with Gasteiger partial charge in [-0.3, -0.25) is 0 Å². The molecule has 2 aromatic carbocycles. The first kappa shape index (κ1) is 17.9. The van der Waals surface area contributed by atoms with Crippen LogP contribution in [0.25, 0.3) is 0 Å². The Morgan fingerprint density at radius 3 is 1.52 bits per heavy atom. The van der Waals surface area contributed by atoms with Gasteiger partial charge in [0, 0.05) is 19.6 Å². The molecule has 0 unspecified atom stereocenters. The summed E-state index contributed by atoms with van der Waals surface area (Å²) >= 11 is 4.89. The van der Waals surface area contributed by atoms with Crippen molar-refractivity contribution in [1.29, 1.82) is 0 Å². The zero-order chi connectivity index (χ0) is 16.7. The second kappa shape index (κ2) is 9.01. The number of ether oxygens (including phenoxy) is 2. The molecule has 0 aliphatic carbocycles. The van der Waals surface area contributed by atoms with Crippen molar-refractivity contribution in [3.05, 3.63) is 60.4 Å².